The van der Waals surface area contributed by atoms with E-state index in [0.29, 0.717) is 11.1 Å². The van der Waals surface area contributed by atoms with Gasteiger partial charge in [0.15, 0.2) is 0 Å². The summed E-state index contributed by atoms with van der Waals surface area (Å²) < 4.78 is 1.86. The van der Waals surface area contributed by atoms with Crippen LogP contribution < -0.4 is 5.43 Å². The van der Waals surface area contributed by atoms with Gasteiger partial charge >= 0.3 is 0 Å². The van der Waals surface area contributed by atoms with Crippen LogP contribution in [0.4, 0.5) is 0 Å². The van der Waals surface area contributed by atoms with Gasteiger partial charge in [-0.25, -0.2) is 0 Å². The Morgan fingerprint density at radius 3 is 2.69 bits per heavy atom. The van der Waals surface area contributed by atoms with E-state index in [9.17, 15) is 4.79 Å². The molecule has 0 saturated heterocycles. The number of hydrogen-bond acceptors (Lipinski definition) is 2. The highest BCUT2D eigenvalue weighted by molar-refractivity contribution is 5.80. The molecule has 0 N–H and O–H groups in total. The molecule has 0 amide bonds. The highest BCUT2D eigenvalue weighted by atomic mass is 16.1. The zero-order valence-corrected chi connectivity index (χ0v) is 8.69. The van der Waals surface area contributed by atoms with Gasteiger partial charge < -0.3 is 4.40 Å². The summed E-state index contributed by atoms with van der Waals surface area (Å²) in [5.74, 6) is 0. The van der Waals surface area contributed by atoms with Crippen molar-refractivity contribution in [3.05, 3.63) is 51.7 Å². The van der Waals surface area contributed by atoms with E-state index in [1.54, 1.807) is 12.1 Å². The van der Waals surface area contributed by atoms with Crippen molar-refractivity contribution in [1.82, 2.24) is 4.40 Å². The molecule has 0 aliphatic carbocycles. The monoisotopic (exact) mass is 208 g/mol. The van der Waals surface area contributed by atoms with Crippen molar-refractivity contribution in [2.75, 3.05) is 0 Å². The molecule has 3 aromatic heterocycles. The maximum Gasteiger partial charge on any atom is 0.202 e. The summed E-state index contributed by atoms with van der Waals surface area (Å²) >= 11 is 0. The summed E-state index contributed by atoms with van der Waals surface area (Å²) in [6, 6.07) is 11.0. The van der Waals surface area contributed by atoms with Crippen molar-refractivity contribution in [1.29, 1.82) is 5.26 Å². The van der Waals surface area contributed by atoms with E-state index in [-0.39, 0.29) is 5.43 Å². The molecule has 0 aliphatic heterocycles. The second kappa shape index (κ2) is 2.83. The largest absolute Gasteiger partial charge is 0.305 e. The minimum Gasteiger partial charge on any atom is -0.305 e. The molecule has 0 fully saturated rings. The van der Waals surface area contributed by atoms with Gasteiger partial charge in [0, 0.05) is 0 Å². The van der Waals surface area contributed by atoms with Crippen LogP contribution in [-0.2, 0) is 0 Å². The third-order valence-corrected chi connectivity index (χ3v) is 2.91. The van der Waals surface area contributed by atoms with E-state index >= 15 is 0 Å². The molecule has 3 nitrogen and oxygen atoms in total. The molecule has 0 aliphatic rings. The Morgan fingerprint density at radius 2 is 1.94 bits per heavy atom. The SMILES string of the molecule is Cc1cc(=O)c2cccc3c(C#N)cc1n32. The van der Waals surface area contributed by atoms with Gasteiger partial charge in [-0.1, -0.05) is 6.07 Å². The lowest BCUT2D eigenvalue weighted by molar-refractivity contribution is 1.25. The molecule has 16 heavy (non-hydrogen) atoms. The molecule has 0 saturated carbocycles. The van der Waals surface area contributed by atoms with Crippen LogP contribution in [0.5, 0.6) is 0 Å². The molecule has 0 unspecified atom stereocenters. The maximum absolute atomic E-state index is 11.8. The van der Waals surface area contributed by atoms with Crippen molar-refractivity contribution in [3.63, 3.8) is 0 Å². The number of rotatable bonds is 0. The third-order valence-electron chi connectivity index (χ3n) is 2.91. The van der Waals surface area contributed by atoms with E-state index in [1.807, 2.05) is 29.5 Å². The molecule has 76 valence electrons. The van der Waals surface area contributed by atoms with Crippen molar-refractivity contribution in [2.45, 2.75) is 6.92 Å². The molecular weight excluding hydrogens is 200 g/mol. The normalized spacial score (nSPS) is 11.0. The van der Waals surface area contributed by atoms with Crippen LogP contribution in [0.1, 0.15) is 11.1 Å². The van der Waals surface area contributed by atoms with Crippen LogP contribution >= 0.6 is 0 Å². The van der Waals surface area contributed by atoms with Gasteiger partial charge in [-0.3, -0.25) is 4.79 Å². The van der Waals surface area contributed by atoms with Crippen LogP contribution in [0, 0.1) is 18.3 Å². The average Bonchev–Trinajstić information content (AvgIpc) is 2.66. The van der Waals surface area contributed by atoms with Gasteiger partial charge in [0.2, 0.25) is 5.43 Å². The van der Waals surface area contributed by atoms with E-state index in [4.69, 9.17) is 5.26 Å². The molecule has 0 radical (unpaired) electrons. The van der Waals surface area contributed by atoms with Crippen molar-refractivity contribution < 1.29 is 0 Å². The zero-order valence-electron chi connectivity index (χ0n) is 8.69. The predicted octanol–water partition coefficient (Wildman–Crippen LogP) is 2.07. The van der Waals surface area contributed by atoms with Gasteiger partial charge in [0.25, 0.3) is 0 Å². The zero-order chi connectivity index (χ0) is 11.3. The van der Waals surface area contributed by atoms with Crippen molar-refractivity contribution in [2.24, 2.45) is 0 Å². The molecule has 0 bridgehead atoms. The number of aromatic nitrogens is 1. The second-order valence-corrected chi connectivity index (χ2v) is 3.88. The lowest BCUT2D eigenvalue weighted by Gasteiger charge is -2.03. The van der Waals surface area contributed by atoms with Crippen LogP contribution in [0.25, 0.3) is 16.6 Å². The van der Waals surface area contributed by atoms with Gasteiger partial charge in [0.1, 0.15) is 6.07 Å². The number of aryl methyl sites for hydroxylation is 1. The van der Waals surface area contributed by atoms with Gasteiger partial charge in [0.05, 0.1) is 22.1 Å². The summed E-state index contributed by atoms with van der Waals surface area (Å²) in [5, 5.41) is 9.04. The smallest absolute Gasteiger partial charge is 0.202 e. The quantitative estimate of drug-likeness (QED) is 0.567. The minimum absolute atomic E-state index is 0.00399. The standard InChI is InChI=1S/C13H8N2O/c1-8-5-13(16)11-4-2-3-10-9(7-14)6-12(8)15(10)11/h2-6H,1H3. The van der Waals surface area contributed by atoms with Gasteiger partial charge in [-0.2, -0.15) is 5.26 Å². The molecule has 3 aromatic rings. The Kier molecular flexibility index (Phi) is 1.58. The first-order valence-electron chi connectivity index (χ1n) is 5.00. The lowest BCUT2D eigenvalue weighted by Crippen LogP contribution is -2.06. The number of hydrogen-bond donors (Lipinski definition) is 0. The third kappa shape index (κ3) is 0.934. The first-order valence-corrected chi connectivity index (χ1v) is 5.00. The fourth-order valence-electron chi connectivity index (χ4n) is 2.17. The molecule has 3 rings (SSSR count). The summed E-state index contributed by atoms with van der Waals surface area (Å²) in [4.78, 5) is 11.8. The van der Waals surface area contributed by atoms with Crippen LogP contribution in [-0.4, -0.2) is 4.40 Å². The van der Waals surface area contributed by atoms with E-state index in [0.717, 1.165) is 16.6 Å². The Labute approximate surface area is 91.5 Å². The van der Waals surface area contributed by atoms with Crippen molar-refractivity contribution >= 4 is 16.6 Å². The molecule has 3 heteroatoms. The summed E-state index contributed by atoms with van der Waals surface area (Å²) in [5.41, 5.74) is 3.87. The van der Waals surface area contributed by atoms with Gasteiger partial charge in [-0.15, -0.1) is 0 Å². The summed E-state index contributed by atoms with van der Waals surface area (Å²) in [7, 11) is 0. The van der Waals surface area contributed by atoms with Crippen molar-refractivity contribution in [3.8, 4) is 6.07 Å². The predicted molar refractivity (Wildman–Crippen MR) is 61.8 cm³/mol. The van der Waals surface area contributed by atoms with E-state index in [2.05, 4.69) is 6.07 Å². The van der Waals surface area contributed by atoms with E-state index in [1.165, 1.54) is 0 Å². The summed E-state index contributed by atoms with van der Waals surface area (Å²) in [6.07, 6.45) is 0. The molecule has 0 spiro atoms. The minimum atomic E-state index is -0.00399. The van der Waals surface area contributed by atoms with E-state index < -0.39 is 0 Å². The Balaban J connectivity index is 2.77. The van der Waals surface area contributed by atoms with Crippen LogP contribution in [0.15, 0.2) is 35.1 Å². The van der Waals surface area contributed by atoms with Crippen LogP contribution in [0.2, 0.25) is 0 Å². The van der Waals surface area contributed by atoms with Crippen LogP contribution in [0.3, 0.4) is 0 Å². The first-order chi connectivity index (χ1) is 7.72. The second-order valence-electron chi connectivity index (χ2n) is 3.88. The number of nitrogens with zero attached hydrogens (tertiary/aromatic N) is 2. The maximum atomic E-state index is 11.8. The highest BCUT2D eigenvalue weighted by Crippen LogP contribution is 2.22. The Bertz CT molecular complexity index is 793. The molecule has 0 aromatic carbocycles. The molecule has 0 atom stereocenters. The topological polar surface area (TPSA) is 45.3 Å². The number of nitriles is 1. The molecular formula is C13H8N2O. The Hall–Kier alpha value is -2.34. The fraction of sp³-hybridized carbons (Fsp3) is 0.0769. The Morgan fingerprint density at radius 1 is 1.19 bits per heavy atom. The lowest BCUT2D eigenvalue weighted by atomic mass is 10.2. The molecule has 3 heterocycles. The highest BCUT2D eigenvalue weighted by Gasteiger charge is 2.11. The number of pyridine rings is 2. The fourth-order valence-corrected chi connectivity index (χ4v) is 2.17. The summed E-state index contributed by atoms with van der Waals surface area (Å²) in [6.45, 7) is 1.89. The average molecular weight is 208 g/mol. The first kappa shape index (κ1) is 8.93. The van der Waals surface area contributed by atoms with Gasteiger partial charge in [-0.05, 0) is 36.8 Å².